The molecule has 2 amide bonds. The number of carbonyl (C=O) groups is 2. The Balaban J connectivity index is 1.66. The fraction of sp³-hybridized carbons (Fsp3) is 0.391. The van der Waals surface area contributed by atoms with E-state index in [0.717, 1.165) is 24.3 Å². The Hall–Kier alpha value is -2.62. The molecule has 2 N–H and O–H groups in total. The third kappa shape index (κ3) is 4.97. The van der Waals surface area contributed by atoms with E-state index in [1.54, 1.807) is 18.2 Å². The first-order valence-electron chi connectivity index (χ1n) is 9.84. The Kier molecular flexibility index (Phi) is 6.28. The molecular formula is C23H28N2O2. The van der Waals surface area contributed by atoms with E-state index >= 15 is 0 Å². The van der Waals surface area contributed by atoms with Crippen LogP contribution in [0.4, 0.5) is 5.69 Å². The molecule has 0 saturated heterocycles. The normalized spacial score (nSPS) is 19.3. The fourth-order valence-corrected chi connectivity index (χ4v) is 3.67. The van der Waals surface area contributed by atoms with Crippen molar-refractivity contribution in [3.05, 3.63) is 65.2 Å². The van der Waals surface area contributed by atoms with Gasteiger partial charge in [-0.05, 0) is 68.4 Å². The van der Waals surface area contributed by atoms with Crippen molar-refractivity contribution in [3.63, 3.8) is 0 Å². The van der Waals surface area contributed by atoms with E-state index < -0.39 is 0 Å². The van der Waals surface area contributed by atoms with E-state index in [2.05, 4.69) is 17.6 Å². The lowest BCUT2D eigenvalue weighted by molar-refractivity contribution is 0.0920. The van der Waals surface area contributed by atoms with Crippen molar-refractivity contribution in [2.24, 2.45) is 5.92 Å². The largest absolute Gasteiger partial charge is 0.349 e. The molecule has 1 saturated carbocycles. The first kappa shape index (κ1) is 19.2. The lowest BCUT2D eigenvalue weighted by Crippen LogP contribution is -2.37. The maximum Gasteiger partial charge on any atom is 0.255 e. The standard InChI is InChI=1S/C23H28N2O2/c1-3-17-10-13-20(14-11-17)24-23(27)19-12-9-16(2)21(15-19)25-22(26)18-7-5-4-6-8-18/h4-9,12,15,17,20H,3,10-11,13-14H2,1-2H3,(H,24,27)(H,25,26). The van der Waals surface area contributed by atoms with Gasteiger partial charge in [-0.15, -0.1) is 0 Å². The smallest absolute Gasteiger partial charge is 0.255 e. The van der Waals surface area contributed by atoms with Gasteiger partial charge in [0, 0.05) is 22.9 Å². The number of anilines is 1. The molecule has 4 nitrogen and oxygen atoms in total. The third-order valence-electron chi connectivity index (χ3n) is 5.54. The molecule has 0 spiro atoms. The van der Waals surface area contributed by atoms with Gasteiger partial charge in [-0.25, -0.2) is 0 Å². The average Bonchev–Trinajstić information content (AvgIpc) is 2.70. The molecule has 0 unspecified atom stereocenters. The van der Waals surface area contributed by atoms with Crippen molar-refractivity contribution in [1.29, 1.82) is 0 Å². The van der Waals surface area contributed by atoms with Crippen molar-refractivity contribution in [2.45, 2.75) is 52.0 Å². The van der Waals surface area contributed by atoms with E-state index in [4.69, 9.17) is 0 Å². The van der Waals surface area contributed by atoms with Crippen LogP contribution in [0.5, 0.6) is 0 Å². The summed E-state index contributed by atoms with van der Waals surface area (Å²) in [5.74, 6) is 0.566. The van der Waals surface area contributed by atoms with Crippen LogP contribution < -0.4 is 10.6 Å². The second-order valence-corrected chi connectivity index (χ2v) is 7.45. The summed E-state index contributed by atoms with van der Waals surface area (Å²) in [7, 11) is 0. The van der Waals surface area contributed by atoms with Crippen LogP contribution in [0, 0.1) is 12.8 Å². The second kappa shape index (κ2) is 8.85. The Morgan fingerprint density at radius 1 is 0.926 bits per heavy atom. The van der Waals surface area contributed by atoms with Crippen molar-refractivity contribution in [3.8, 4) is 0 Å². The molecule has 142 valence electrons. The van der Waals surface area contributed by atoms with Gasteiger partial charge < -0.3 is 10.6 Å². The molecule has 0 aromatic heterocycles. The van der Waals surface area contributed by atoms with Crippen LogP contribution in [0.1, 0.15) is 65.3 Å². The summed E-state index contributed by atoms with van der Waals surface area (Å²) in [5.41, 5.74) is 2.78. The van der Waals surface area contributed by atoms with Crippen molar-refractivity contribution >= 4 is 17.5 Å². The highest BCUT2D eigenvalue weighted by atomic mass is 16.2. The zero-order valence-corrected chi connectivity index (χ0v) is 16.1. The number of benzene rings is 2. The highest BCUT2D eigenvalue weighted by molar-refractivity contribution is 6.05. The van der Waals surface area contributed by atoms with E-state index in [1.807, 2.05) is 37.3 Å². The molecule has 0 heterocycles. The van der Waals surface area contributed by atoms with Crippen LogP contribution in [-0.2, 0) is 0 Å². The van der Waals surface area contributed by atoms with Crippen LogP contribution in [0.2, 0.25) is 0 Å². The second-order valence-electron chi connectivity index (χ2n) is 7.45. The predicted octanol–water partition coefficient (Wildman–Crippen LogP) is 4.95. The molecule has 3 rings (SSSR count). The Morgan fingerprint density at radius 3 is 2.30 bits per heavy atom. The molecule has 0 bridgehead atoms. The van der Waals surface area contributed by atoms with E-state index in [1.165, 1.54) is 19.3 Å². The van der Waals surface area contributed by atoms with Gasteiger partial charge in [0.05, 0.1) is 0 Å². The molecular weight excluding hydrogens is 336 g/mol. The summed E-state index contributed by atoms with van der Waals surface area (Å²) < 4.78 is 0. The Labute approximate surface area is 161 Å². The number of carbonyl (C=O) groups excluding carboxylic acids is 2. The van der Waals surface area contributed by atoms with Gasteiger partial charge >= 0.3 is 0 Å². The predicted molar refractivity (Wildman–Crippen MR) is 109 cm³/mol. The minimum absolute atomic E-state index is 0.0647. The van der Waals surface area contributed by atoms with Gasteiger partial charge in [-0.2, -0.15) is 0 Å². The molecule has 1 aliphatic rings. The summed E-state index contributed by atoms with van der Waals surface area (Å²) >= 11 is 0. The van der Waals surface area contributed by atoms with E-state index in [9.17, 15) is 9.59 Å². The number of rotatable bonds is 5. The maximum absolute atomic E-state index is 12.7. The number of aryl methyl sites for hydroxylation is 1. The van der Waals surface area contributed by atoms with Crippen LogP contribution in [0.15, 0.2) is 48.5 Å². The zero-order chi connectivity index (χ0) is 19.2. The van der Waals surface area contributed by atoms with Gasteiger partial charge in [-0.3, -0.25) is 9.59 Å². The van der Waals surface area contributed by atoms with Crippen molar-refractivity contribution in [1.82, 2.24) is 5.32 Å². The molecule has 0 radical (unpaired) electrons. The zero-order valence-electron chi connectivity index (χ0n) is 16.1. The van der Waals surface area contributed by atoms with Crippen LogP contribution >= 0.6 is 0 Å². The summed E-state index contributed by atoms with van der Waals surface area (Å²) in [5, 5.41) is 6.08. The molecule has 0 aliphatic heterocycles. The average molecular weight is 364 g/mol. The number of hydrogen-bond acceptors (Lipinski definition) is 2. The van der Waals surface area contributed by atoms with E-state index in [-0.39, 0.29) is 17.9 Å². The monoisotopic (exact) mass is 364 g/mol. The SMILES string of the molecule is CCC1CCC(NC(=O)c2ccc(C)c(NC(=O)c3ccccc3)c2)CC1. The fourth-order valence-electron chi connectivity index (χ4n) is 3.67. The lowest BCUT2D eigenvalue weighted by atomic mass is 9.84. The minimum Gasteiger partial charge on any atom is -0.349 e. The maximum atomic E-state index is 12.7. The molecule has 2 aromatic carbocycles. The molecule has 0 atom stereocenters. The van der Waals surface area contributed by atoms with Crippen LogP contribution in [0.25, 0.3) is 0 Å². The number of nitrogens with one attached hydrogen (secondary N) is 2. The summed E-state index contributed by atoms with van der Waals surface area (Å²) in [4.78, 5) is 25.1. The topological polar surface area (TPSA) is 58.2 Å². The molecule has 4 heteroatoms. The van der Waals surface area contributed by atoms with Gasteiger partial charge in [0.25, 0.3) is 11.8 Å². The minimum atomic E-state index is -0.172. The summed E-state index contributed by atoms with van der Waals surface area (Å²) in [6.07, 6.45) is 5.70. The number of amides is 2. The first-order valence-corrected chi connectivity index (χ1v) is 9.84. The molecule has 27 heavy (non-hydrogen) atoms. The van der Waals surface area contributed by atoms with Gasteiger partial charge in [-0.1, -0.05) is 37.6 Å². The Morgan fingerprint density at radius 2 is 1.63 bits per heavy atom. The highest BCUT2D eigenvalue weighted by Crippen LogP contribution is 2.27. The number of hydrogen-bond donors (Lipinski definition) is 2. The molecule has 1 fully saturated rings. The first-order chi connectivity index (χ1) is 13.1. The van der Waals surface area contributed by atoms with Gasteiger partial charge in [0.1, 0.15) is 0 Å². The van der Waals surface area contributed by atoms with E-state index in [0.29, 0.717) is 16.8 Å². The lowest BCUT2D eigenvalue weighted by Gasteiger charge is -2.28. The van der Waals surface area contributed by atoms with Crippen molar-refractivity contribution in [2.75, 3.05) is 5.32 Å². The molecule has 2 aromatic rings. The molecule has 1 aliphatic carbocycles. The van der Waals surface area contributed by atoms with Crippen LogP contribution in [-0.4, -0.2) is 17.9 Å². The van der Waals surface area contributed by atoms with Gasteiger partial charge in [0.15, 0.2) is 0 Å². The van der Waals surface area contributed by atoms with Gasteiger partial charge in [0.2, 0.25) is 0 Å². The third-order valence-corrected chi connectivity index (χ3v) is 5.54. The van der Waals surface area contributed by atoms with Crippen LogP contribution in [0.3, 0.4) is 0 Å². The summed E-state index contributed by atoms with van der Waals surface area (Å²) in [6, 6.07) is 14.8. The quantitative estimate of drug-likeness (QED) is 0.789. The summed E-state index contributed by atoms with van der Waals surface area (Å²) in [6.45, 7) is 4.16. The Bertz CT molecular complexity index is 793. The highest BCUT2D eigenvalue weighted by Gasteiger charge is 2.22. The van der Waals surface area contributed by atoms with Crippen molar-refractivity contribution < 1.29 is 9.59 Å².